The van der Waals surface area contributed by atoms with Crippen LogP contribution in [0.4, 0.5) is 4.79 Å². The minimum Gasteiger partial charge on any atom is -0.444 e. The van der Waals surface area contributed by atoms with Gasteiger partial charge in [-0.2, -0.15) is 0 Å². The highest BCUT2D eigenvalue weighted by Gasteiger charge is 2.30. The molecule has 0 aliphatic heterocycles. The van der Waals surface area contributed by atoms with Crippen LogP contribution in [0.5, 0.6) is 0 Å². The van der Waals surface area contributed by atoms with Gasteiger partial charge in [0, 0.05) is 19.5 Å². The SMILES string of the molecule is CC(C)[C@H](NC(=O)CCn1[nH]c2ccccc2c1=O)C(=O)N[C@@H](Cc1ccccc1)[C@H](O)CNC[C@@H](O)[C@H](Cc1ccccc1)NC(=O)OC(C)(C)C. The summed E-state index contributed by atoms with van der Waals surface area (Å²) in [5, 5.41) is 37.8. The van der Waals surface area contributed by atoms with Crippen molar-refractivity contribution in [1.82, 2.24) is 31.0 Å². The normalized spacial score (nSPS) is 14.6. The van der Waals surface area contributed by atoms with Crippen molar-refractivity contribution in [2.75, 3.05) is 13.1 Å². The first-order valence-electron chi connectivity index (χ1n) is 18.1. The number of carbonyl (C=O) groups excluding carboxylic acids is 3. The van der Waals surface area contributed by atoms with Crippen molar-refractivity contribution in [2.45, 2.75) is 96.4 Å². The molecule has 3 amide bonds. The van der Waals surface area contributed by atoms with Crippen molar-refractivity contribution < 1.29 is 29.3 Å². The maximum absolute atomic E-state index is 13.7. The highest BCUT2D eigenvalue weighted by Crippen LogP contribution is 2.13. The standard InChI is InChI=1S/C40H54N6O7/c1-26(2)36(44-35(49)20-21-46-38(51)29-18-12-13-19-30(29)45-46)37(50)42-31(22-27-14-8-6-9-15-27)33(47)24-41-25-34(48)32(23-28-16-10-7-11-17-28)43-39(52)53-40(3,4)5/h6-19,26,31-34,36,41,45,47-48H,20-25H2,1-5H3,(H,42,50)(H,43,52)(H,44,49)/t31-,32-,33+,34+,36-/m0/s1. The highest BCUT2D eigenvalue weighted by molar-refractivity contribution is 5.88. The first kappa shape index (κ1) is 40.8. The molecular weight excluding hydrogens is 676 g/mol. The molecule has 53 heavy (non-hydrogen) atoms. The number of hydrogen-bond acceptors (Lipinski definition) is 8. The van der Waals surface area contributed by atoms with Gasteiger partial charge < -0.3 is 36.2 Å². The molecule has 0 bridgehead atoms. The largest absolute Gasteiger partial charge is 0.444 e. The van der Waals surface area contributed by atoms with Crippen molar-refractivity contribution in [1.29, 1.82) is 0 Å². The molecule has 0 spiro atoms. The third-order valence-corrected chi connectivity index (χ3v) is 8.75. The highest BCUT2D eigenvalue weighted by atomic mass is 16.6. The van der Waals surface area contributed by atoms with Crippen LogP contribution in [0.3, 0.4) is 0 Å². The van der Waals surface area contributed by atoms with Gasteiger partial charge in [0.15, 0.2) is 0 Å². The number of ether oxygens (including phenoxy) is 1. The lowest BCUT2D eigenvalue weighted by molar-refractivity contribution is -0.131. The number of aryl methyl sites for hydroxylation is 1. The smallest absolute Gasteiger partial charge is 0.407 e. The zero-order valence-electron chi connectivity index (χ0n) is 31.2. The Morgan fingerprint density at radius 2 is 1.30 bits per heavy atom. The van der Waals surface area contributed by atoms with E-state index in [1.165, 1.54) is 4.68 Å². The van der Waals surface area contributed by atoms with Gasteiger partial charge in [-0.05, 0) is 62.8 Å². The van der Waals surface area contributed by atoms with E-state index >= 15 is 0 Å². The molecule has 0 saturated carbocycles. The number of nitrogens with one attached hydrogen (secondary N) is 5. The van der Waals surface area contributed by atoms with Gasteiger partial charge in [-0.3, -0.25) is 24.2 Å². The molecule has 13 nitrogen and oxygen atoms in total. The molecule has 1 aromatic heterocycles. The number of para-hydroxylation sites is 1. The van der Waals surface area contributed by atoms with Gasteiger partial charge in [0.2, 0.25) is 11.8 Å². The van der Waals surface area contributed by atoms with E-state index in [9.17, 15) is 29.4 Å². The fraction of sp³-hybridized carbons (Fsp3) is 0.450. The van der Waals surface area contributed by atoms with E-state index in [4.69, 9.17) is 4.74 Å². The molecule has 0 aliphatic rings. The summed E-state index contributed by atoms with van der Waals surface area (Å²) in [4.78, 5) is 52.1. The van der Waals surface area contributed by atoms with E-state index in [1.54, 1.807) is 39.0 Å². The lowest BCUT2D eigenvalue weighted by atomic mass is 9.98. The molecule has 0 radical (unpaired) electrons. The van der Waals surface area contributed by atoms with Crippen LogP contribution < -0.4 is 26.8 Å². The Balaban J connectivity index is 1.38. The Kier molecular flexibility index (Phi) is 14.8. The zero-order chi connectivity index (χ0) is 38.5. The summed E-state index contributed by atoms with van der Waals surface area (Å²) in [7, 11) is 0. The summed E-state index contributed by atoms with van der Waals surface area (Å²) in [6, 6.07) is 23.6. The first-order chi connectivity index (χ1) is 25.2. The first-order valence-corrected chi connectivity index (χ1v) is 18.1. The van der Waals surface area contributed by atoms with Crippen LogP contribution in [0.15, 0.2) is 89.7 Å². The quantitative estimate of drug-likeness (QED) is 0.0814. The van der Waals surface area contributed by atoms with E-state index in [0.717, 1.165) is 11.1 Å². The van der Waals surface area contributed by atoms with Crippen molar-refractivity contribution in [3.05, 3.63) is 106 Å². The average molecular weight is 731 g/mol. The zero-order valence-corrected chi connectivity index (χ0v) is 31.2. The van der Waals surface area contributed by atoms with Gasteiger partial charge in [0.05, 0.1) is 41.7 Å². The number of aromatic nitrogens is 2. The minimum atomic E-state index is -1.09. The van der Waals surface area contributed by atoms with Crippen molar-refractivity contribution in [3.8, 4) is 0 Å². The van der Waals surface area contributed by atoms with Crippen LogP contribution in [0.2, 0.25) is 0 Å². The van der Waals surface area contributed by atoms with Crippen LogP contribution in [0.25, 0.3) is 10.9 Å². The van der Waals surface area contributed by atoms with Crippen molar-refractivity contribution >= 4 is 28.8 Å². The number of hydrogen-bond donors (Lipinski definition) is 7. The summed E-state index contributed by atoms with van der Waals surface area (Å²) in [6.07, 6.45) is -2.16. The lowest BCUT2D eigenvalue weighted by Gasteiger charge is -2.30. The number of rotatable bonds is 18. The summed E-state index contributed by atoms with van der Waals surface area (Å²) in [6.45, 7) is 9.06. The fourth-order valence-electron chi connectivity index (χ4n) is 5.96. The molecule has 3 aromatic carbocycles. The summed E-state index contributed by atoms with van der Waals surface area (Å²) in [5.74, 6) is -1.14. The second-order valence-electron chi connectivity index (χ2n) is 14.7. The monoisotopic (exact) mass is 730 g/mol. The molecule has 0 unspecified atom stereocenters. The van der Waals surface area contributed by atoms with E-state index in [0.29, 0.717) is 23.7 Å². The number of aromatic amines is 1. The van der Waals surface area contributed by atoms with Crippen LogP contribution in [0.1, 0.15) is 52.2 Å². The second kappa shape index (κ2) is 19.2. The van der Waals surface area contributed by atoms with E-state index < -0.39 is 53.8 Å². The number of benzene rings is 3. The van der Waals surface area contributed by atoms with Crippen LogP contribution in [-0.2, 0) is 33.7 Å². The van der Waals surface area contributed by atoms with Gasteiger partial charge in [-0.1, -0.05) is 86.6 Å². The van der Waals surface area contributed by atoms with E-state index in [-0.39, 0.29) is 37.5 Å². The Hall–Kier alpha value is -4.98. The molecule has 5 atom stereocenters. The second-order valence-corrected chi connectivity index (χ2v) is 14.7. The predicted octanol–water partition coefficient (Wildman–Crippen LogP) is 3.04. The number of aliphatic hydroxyl groups is 2. The van der Waals surface area contributed by atoms with Crippen LogP contribution in [0, 0.1) is 5.92 Å². The molecule has 4 aromatic rings. The number of aliphatic hydroxyl groups excluding tert-OH is 2. The topological polar surface area (TPSA) is 187 Å². The van der Waals surface area contributed by atoms with E-state index in [1.807, 2.05) is 80.6 Å². The molecule has 286 valence electrons. The summed E-state index contributed by atoms with van der Waals surface area (Å²) in [5.41, 5.74) is 1.53. The summed E-state index contributed by atoms with van der Waals surface area (Å²) < 4.78 is 6.81. The maximum Gasteiger partial charge on any atom is 0.407 e. The average Bonchev–Trinajstić information content (AvgIpc) is 3.43. The third-order valence-electron chi connectivity index (χ3n) is 8.75. The number of alkyl carbamates (subject to hydrolysis) is 1. The molecule has 0 saturated heterocycles. The molecule has 1 heterocycles. The predicted molar refractivity (Wildman–Crippen MR) is 204 cm³/mol. The van der Waals surface area contributed by atoms with Crippen molar-refractivity contribution in [2.24, 2.45) is 5.92 Å². The number of carbonyl (C=O) groups is 3. The van der Waals surface area contributed by atoms with Crippen molar-refractivity contribution in [3.63, 3.8) is 0 Å². The fourth-order valence-corrected chi connectivity index (χ4v) is 5.96. The Labute approximate surface area is 310 Å². The van der Waals surface area contributed by atoms with Gasteiger partial charge in [-0.15, -0.1) is 0 Å². The van der Waals surface area contributed by atoms with Gasteiger partial charge in [0.1, 0.15) is 11.6 Å². The minimum absolute atomic E-state index is 0.0112. The van der Waals surface area contributed by atoms with Gasteiger partial charge >= 0.3 is 6.09 Å². The van der Waals surface area contributed by atoms with Crippen LogP contribution >= 0.6 is 0 Å². The number of H-pyrrole nitrogens is 1. The Morgan fingerprint density at radius 3 is 1.83 bits per heavy atom. The molecule has 0 aliphatic carbocycles. The number of amides is 3. The Bertz CT molecular complexity index is 1820. The molecule has 0 fully saturated rings. The molecule has 13 heteroatoms. The molecule has 4 rings (SSSR count). The summed E-state index contributed by atoms with van der Waals surface area (Å²) >= 11 is 0. The molecular formula is C40H54N6O7. The number of fused-ring (bicyclic) bond motifs is 1. The Morgan fingerprint density at radius 1 is 0.774 bits per heavy atom. The van der Waals surface area contributed by atoms with Crippen LogP contribution in [-0.4, -0.2) is 86.9 Å². The van der Waals surface area contributed by atoms with E-state index in [2.05, 4.69) is 26.4 Å². The maximum atomic E-state index is 13.7. The van der Waals surface area contributed by atoms with Gasteiger partial charge in [-0.25, -0.2) is 4.79 Å². The lowest BCUT2D eigenvalue weighted by Crippen LogP contribution is -2.57. The third kappa shape index (κ3) is 12.9. The number of nitrogens with zero attached hydrogens (tertiary/aromatic N) is 1. The van der Waals surface area contributed by atoms with Gasteiger partial charge in [0.25, 0.3) is 5.56 Å². The molecule has 7 N–H and O–H groups in total.